The number of hydrogen-bond donors (Lipinski definition) is 5. The molecule has 0 saturated heterocycles. The van der Waals surface area contributed by atoms with Gasteiger partial charge in [-0.25, -0.2) is 10.6 Å². The minimum absolute atomic E-state index is 0.0402. The summed E-state index contributed by atoms with van der Waals surface area (Å²) >= 11 is 0. The number of carbonyl (C=O) groups excluding carboxylic acids is 4. The molecule has 1 aromatic carbocycles. The first-order chi connectivity index (χ1) is 18.0. The Hall–Kier alpha value is -2.44. The Kier molecular flexibility index (Phi) is 14.2. The van der Waals surface area contributed by atoms with E-state index in [1.54, 1.807) is 31.6 Å². The van der Waals surface area contributed by atoms with Crippen molar-refractivity contribution in [3.63, 3.8) is 0 Å². The monoisotopic (exact) mass is 583 g/mol. The fourth-order valence-corrected chi connectivity index (χ4v) is 5.78. The fraction of sp³-hybridized carbons (Fsp3) is 0.630. The summed E-state index contributed by atoms with van der Waals surface area (Å²) in [5.74, 6) is 4.12. The summed E-state index contributed by atoms with van der Waals surface area (Å²) in [6, 6.07) is 6.40. The third-order valence-corrected chi connectivity index (χ3v) is 8.30. The number of carbonyl (C=O) groups is 4. The van der Waals surface area contributed by atoms with Gasteiger partial charge in [0.15, 0.2) is 0 Å². The molecule has 0 radical (unpaired) electrons. The molecule has 0 heterocycles. The highest BCUT2D eigenvalue weighted by Gasteiger charge is 2.31. The molecule has 10 nitrogen and oxygen atoms in total. The molecular formula is C27H45N5O5S2. The smallest absolute Gasteiger partial charge is 0.408 e. The summed E-state index contributed by atoms with van der Waals surface area (Å²) in [5, 5.41) is 8.15. The van der Waals surface area contributed by atoms with Crippen LogP contribution in [0.15, 0.2) is 30.3 Å². The lowest BCUT2D eigenvalue weighted by atomic mass is 10.0. The summed E-state index contributed by atoms with van der Waals surface area (Å²) in [6.45, 7) is 15.2. The second-order valence-corrected chi connectivity index (χ2v) is 14.8. The molecule has 1 aromatic rings. The van der Waals surface area contributed by atoms with Gasteiger partial charge in [-0.1, -0.05) is 86.5 Å². The van der Waals surface area contributed by atoms with Gasteiger partial charge in [0.1, 0.15) is 23.7 Å². The van der Waals surface area contributed by atoms with Crippen molar-refractivity contribution in [3.8, 4) is 0 Å². The highest BCUT2D eigenvalue weighted by molar-refractivity contribution is 8.77. The van der Waals surface area contributed by atoms with Crippen molar-refractivity contribution >= 4 is 45.4 Å². The maximum absolute atomic E-state index is 13.4. The highest BCUT2D eigenvalue weighted by atomic mass is 33.1. The van der Waals surface area contributed by atoms with Crippen molar-refractivity contribution in [3.05, 3.63) is 35.9 Å². The van der Waals surface area contributed by atoms with E-state index in [4.69, 9.17) is 10.6 Å². The van der Waals surface area contributed by atoms with Crippen molar-refractivity contribution < 1.29 is 23.9 Å². The zero-order valence-corrected chi connectivity index (χ0v) is 25.9. The normalized spacial score (nSPS) is 14.1. The number of alkyl carbamates (subject to hydrolysis) is 1. The molecule has 4 amide bonds. The van der Waals surface area contributed by atoms with E-state index in [0.717, 1.165) is 5.56 Å². The molecule has 0 aliphatic carbocycles. The summed E-state index contributed by atoms with van der Waals surface area (Å²) in [4.78, 5) is 51.7. The zero-order chi connectivity index (χ0) is 29.8. The van der Waals surface area contributed by atoms with Crippen LogP contribution in [0.3, 0.4) is 0 Å². The van der Waals surface area contributed by atoms with E-state index >= 15 is 0 Å². The molecular weight excluding hydrogens is 538 g/mol. The molecule has 6 N–H and O–H groups in total. The van der Waals surface area contributed by atoms with E-state index in [9.17, 15) is 19.2 Å². The Balaban J connectivity index is 3.08. The van der Waals surface area contributed by atoms with Gasteiger partial charge in [0.05, 0.1) is 0 Å². The first-order valence-electron chi connectivity index (χ1n) is 13.0. The van der Waals surface area contributed by atoms with Crippen LogP contribution in [-0.4, -0.2) is 58.0 Å². The predicted octanol–water partition coefficient (Wildman–Crippen LogP) is 3.31. The number of rotatable bonds is 13. The Morgan fingerprint density at radius 3 is 1.92 bits per heavy atom. The summed E-state index contributed by atoms with van der Waals surface area (Å²) in [7, 11) is 3.03. The molecule has 39 heavy (non-hydrogen) atoms. The minimum Gasteiger partial charge on any atom is -0.444 e. The van der Waals surface area contributed by atoms with Crippen molar-refractivity contribution in [1.29, 1.82) is 0 Å². The standard InChI is InChI=1S/C27H45N5O5S2/c1-17(2)14-19(22(33)30-21(24(35)32-28)16-38-39-27(6,7)8)29-23(34)20(15-18-12-10-9-11-13-18)31-25(36)37-26(3,4)5/h9-13,17,19-21H,14-16,28H2,1-8H3,(H,29,34)(H,30,33)(H,31,36)(H,32,35). The molecule has 3 unspecified atom stereocenters. The second kappa shape index (κ2) is 16.0. The van der Waals surface area contributed by atoms with E-state index in [0.29, 0.717) is 6.42 Å². The zero-order valence-electron chi connectivity index (χ0n) is 24.3. The SMILES string of the molecule is CC(C)CC(NC(=O)C(Cc1ccccc1)NC(=O)OC(C)(C)C)C(=O)NC(CSSC(C)(C)C)C(=O)NN. The molecule has 0 aromatic heterocycles. The molecule has 0 aliphatic heterocycles. The Morgan fingerprint density at radius 2 is 1.41 bits per heavy atom. The number of ether oxygens (including phenoxy) is 1. The topological polar surface area (TPSA) is 152 Å². The fourth-order valence-electron chi connectivity index (χ4n) is 3.32. The van der Waals surface area contributed by atoms with Crippen LogP contribution >= 0.6 is 21.6 Å². The highest BCUT2D eigenvalue weighted by Crippen LogP contribution is 2.35. The molecule has 0 bridgehead atoms. The van der Waals surface area contributed by atoms with Crippen molar-refractivity contribution in [2.24, 2.45) is 11.8 Å². The summed E-state index contributed by atoms with van der Waals surface area (Å²) in [6.07, 6.45) is -0.222. The quantitative estimate of drug-likeness (QED) is 0.103. The number of hydrazine groups is 1. The average Bonchev–Trinajstić information content (AvgIpc) is 2.80. The largest absolute Gasteiger partial charge is 0.444 e. The van der Waals surface area contributed by atoms with Gasteiger partial charge in [-0.05, 0) is 38.7 Å². The van der Waals surface area contributed by atoms with Gasteiger partial charge in [0, 0.05) is 16.9 Å². The predicted molar refractivity (Wildman–Crippen MR) is 159 cm³/mol. The van der Waals surface area contributed by atoms with Gasteiger partial charge < -0.3 is 20.7 Å². The molecule has 0 spiro atoms. The Morgan fingerprint density at radius 1 is 0.846 bits per heavy atom. The number of hydrogen-bond acceptors (Lipinski definition) is 8. The summed E-state index contributed by atoms with van der Waals surface area (Å²) < 4.78 is 5.32. The van der Waals surface area contributed by atoms with Gasteiger partial charge in [-0.3, -0.25) is 19.8 Å². The van der Waals surface area contributed by atoms with Crippen LogP contribution in [0.5, 0.6) is 0 Å². The third kappa shape index (κ3) is 15.1. The van der Waals surface area contributed by atoms with Gasteiger partial charge in [-0.15, -0.1) is 0 Å². The number of nitrogens with one attached hydrogen (secondary N) is 4. The average molecular weight is 584 g/mol. The molecule has 3 atom stereocenters. The van der Waals surface area contributed by atoms with Crippen LogP contribution in [0, 0.1) is 5.92 Å². The van der Waals surface area contributed by atoms with Crippen LogP contribution in [-0.2, 0) is 25.5 Å². The maximum atomic E-state index is 13.4. The first kappa shape index (κ1) is 34.6. The van der Waals surface area contributed by atoms with E-state index in [2.05, 4.69) is 21.4 Å². The molecule has 0 aliphatic rings. The number of amides is 4. The maximum Gasteiger partial charge on any atom is 0.408 e. The van der Waals surface area contributed by atoms with Crippen LogP contribution in [0.2, 0.25) is 0 Å². The van der Waals surface area contributed by atoms with Crippen LogP contribution in [0.1, 0.15) is 67.4 Å². The first-order valence-corrected chi connectivity index (χ1v) is 15.3. The number of benzene rings is 1. The number of nitrogens with two attached hydrogens (primary N) is 1. The third-order valence-electron chi connectivity index (χ3n) is 4.95. The molecule has 0 fully saturated rings. The van der Waals surface area contributed by atoms with Crippen molar-refractivity contribution in [2.75, 3.05) is 5.75 Å². The molecule has 0 saturated carbocycles. The minimum atomic E-state index is -0.994. The van der Waals surface area contributed by atoms with E-state index in [1.165, 1.54) is 10.8 Å². The molecule has 12 heteroatoms. The van der Waals surface area contributed by atoms with Crippen LogP contribution in [0.25, 0.3) is 0 Å². The van der Waals surface area contributed by atoms with E-state index in [1.807, 2.05) is 65.0 Å². The molecule has 220 valence electrons. The molecule has 1 rings (SSSR count). The van der Waals surface area contributed by atoms with E-state index in [-0.39, 0.29) is 22.8 Å². The lowest BCUT2D eigenvalue weighted by molar-refractivity contribution is -0.132. The van der Waals surface area contributed by atoms with Gasteiger partial charge in [0.2, 0.25) is 11.8 Å². The van der Waals surface area contributed by atoms with Crippen LogP contribution < -0.4 is 27.2 Å². The lowest BCUT2D eigenvalue weighted by Crippen LogP contribution is -2.58. The van der Waals surface area contributed by atoms with Crippen molar-refractivity contribution in [2.45, 2.75) is 96.7 Å². The van der Waals surface area contributed by atoms with Crippen LogP contribution in [0.4, 0.5) is 4.79 Å². The lowest BCUT2D eigenvalue weighted by Gasteiger charge is -2.27. The van der Waals surface area contributed by atoms with Gasteiger partial charge in [0.25, 0.3) is 5.91 Å². The second-order valence-electron chi connectivity index (χ2n) is 11.6. The van der Waals surface area contributed by atoms with E-state index < -0.39 is 47.5 Å². The van der Waals surface area contributed by atoms with Gasteiger partial charge >= 0.3 is 6.09 Å². The van der Waals surface area contributed by atoms with Gasteiger partial charge in [-0.2, -0.15) is 0 Å². The Labute approximate surface area is 240 Å². The summed E-state index contributed by atoms with van der Waals surface area (Å²) in [5.41, 5.74) is 2.17. The van der Waals surface area contributed by atoms with Crippen molar-refractivity contribution in [1.82, 2.24) is 21.4 Å². The Bertz CT molecular complexity index is 948.